The van der Waals surface area contributed by atoms with E-state index in [1.54, 1.807) is 11.6 Å². The molecule has 1 fully saturated rings. The number of piperazine rings is 1. The third-order valence-electron chi connectivity index (χ3n) is 8.28. The van der Waals surface area contributed by atoms with Crippen molar-refractivity contribution in [3.8, 4) is 28.3 Å². The van der Waals surface area contributed by atoms with Gasteiger partial charge in [0, 0.05) is 43.4 Å². The molecule has 0 N–H and O–H groups in total. The quantitative estimate of drug-likeness (QED) is 0.213. The topological polar surface area (TPSA) is 63.0 Å². The minimum Gasteiger partial charge on any atom is -0.497 e. The molecular formula is C37H33N5O2. The second-order valence-electron chi connectivity index (χ2n) is 11.0. The summed E-state index contributed by atoms with van der Waals surface area (Å²) in [4.78, 5) is 23.6. The SMILES string of the molecule is COc1cccc(-c2cc(C(=O)N3CCN(C(c4ccccc4)c4ccccc4)CC3)n3nc(-c4ccccc4)cc3n2)c1. The van der Waals surface area contributed by atoms with Crippen molar-refractivity contribution < 1.29 is 9.53 Å². The van der Waals surface area contributed by atoms with Gasteiger partial charge in [-0.15, -0.1) is 0 Å². The van der Waals surface area contributed by atoms with Gasteiger partial charge in [0.1, 0.15) is 11.4 Å². The van der Waals surface area contributed by atoms with Gasteiger partial charge < -0.3 is 9.64 Å². The smallest absolute Gasteiger partial charge is 0.272 e. The molecule has 7 heteroatoms. The van der Waals surface area contributed by atoms with E-state index in [9.17, 15) is 4.79 Å². The number of aromatic nitrogens is 3. The summed E-state index contributed by atoms with van der Waals surface area (Å²) in [6.45, 7) is 2.73. The summed E-state index contributed by atoms with van der Waals surface area (Å²) in [7, 11) is 1.65. The second-order valence-corrected chi connectivity index (χ2v) is 11.0. The molecule has 7 rings (SSSR count). The monoisotopic (exact) mass is 579 g/mol. The Bertz CT molecular complexity index is 1840. The molecule has 1 aliphatic rings. The molecule has 218 valence electrons. The lowest BCUT2D eigenvalue weighted by molar-refractivity contribution is 0.0589. The Morgan fingerprint density at radius 3 is 1.93 bits per heavy atom. The van der Waals surface area contributed by atoms with Crippen LogP contribution in [-0.2, 0) is 0 Å². The highest BCUT2D eigenvalue weighted by Gasteiger charge is 2.30. The number of nitrogens with zero attached hydrogens (tertiary/aromatic N) is 5. The van der Waals surface area contributed by atoms with E-state index in [0.717, 1.165) is 35.7 Å². The van der Waals surface area contributed by atoms with Gasteiger partial charge >= 0.3 is 0 Å². The van der Waals surface area contributed by atoms with E-state index < -0.39 is 0 Å². The number of rotatable bonds is 7. The van der Waals surface area contributed by atoms with Crippen molar-refractivity contribution in [1.29, 1.82) is 0 Å². The number of hydrogen-bond donors (Lipinski definition) is 0. The lowest BCUT2D eigenvalue weighted by Gasteiger charge is -2.39. The third kappa shape index (κ3) is 5.45. The number of carbonyl (C=O) groups is 1. The normalized spacial score (nSPS) is 13.8. The fourth-order valence-corrected chi connectivity index (χ4v) is 6.04. The van der Waals surface area contributed by atoms with Gasteiger partial charge in [0.05, 0.1) is 24.5 Å². The summed E-state index contributed by atoms with van der Waals surface area (Å²) >= 11 is 0. The van der Waals surface area contributed by atoms with Crippen LogP contribution in [0.25, 0.3) is 28.2 Å². The number of benzene rings is 4. The molecule has 2 aromatic heterocycles. The Balaban J connectivity index is 1.22. The van der Waals surface area contributed by atoms with E-state index in [1.807, 2.05) is 71.6 Å². The first-order valence-electron chi connectivity index (χ1n) is 14.9. The fourth-order valence-electron chi connectivity index (χ4n) is 6.04. The maximum absolute atomic E-state index is 14.3. The molecule has 4 aromatic carbocycles. The van der Waals surface area contributed by atoms with Crippen LogP contribution in [0.2, 0.25) is 0 Å². The summed E-state index contributed by atoms with van der Waals surface area (Å²) in [5.41, 5.74) is 6.94. The highest BCUT2D eigenvalue weighted by Crippen LogP contribution is 2.31. The predicted octanol–water partition coefficient (Wildman–Crippen LogP) is 6.62. The Kier molecular flexibility index (Phi) is 7.61. The molecule has 0 atom stereocenters. The van der Waals surface area contributed by atoms with Gasteiger partial charge in [-0.1, -0.05) is 103 Å². The van der Waals surface area contributed by atoms with Crippen LogP contribution in [-0.4, -0.2) is 63.6 Å². The van der Waals surface area contributed by atoms with Crippen molar-refractivity contribution in [2.24, 2.45) is 0 Å². The average molecular weight is 580 g/mol. The van der Waals surface area contributed by atoms with Gasteiger partial charge in [-0.05, 0) is 29.3 Å². The lowest BCUT2D eigenvalue weighted by atomic mass is 9.96. The van der Waals surface area contributed by atoms with Crippen LogP contribution in [0.5, 0.6) is 5.75 Å². The van der Waals surface area contributed by atoms with Crippen molar-refractivity contribution in [3.05, 3.63) is 144 Å². The van der Waals surface area contributed by atoms with E-state index in [0.29, 0.717) is 30.1 Å². The van der Waals surface area contributed by atoms with E-state index in [2.05, 4.69) is 65.6 Å². The van der Waals surface area contributed by atoms with Gasteiger partial charge in [-0.3, -0.25) is 9.69 Å². The standard InChI is InChI=1S/C37H33N5O2/c1-44-31-19-11-18-30(24-31)32-25-34(42-35(38-32)26-33(39-42)27-12-5-2-6-13-27)37(43)41-22-20-40(21-23-41)36(28-14-7-3-8-15-28)29-16-9-4-10-17-29/h2-19,24-26,36H,20-23H2,1H3. The largest absolute Gasteiger partial charge is 0.497 e. The molecule has 3 heterocycles. The molecule has 0 unspecified atom stereocenters. The van der Waals surface area contributed by atoms with Gasteiger partial charge in [-0.25, -0.2) is 9.50 Å². The van der Waals surface area contributed by atoms with Crippen LogP contribution >= 0.6 is 0 Å². The Morgan fingerprint density at radius 2 is 1.30 bits per heavy atom. The minimum atomic E-state index is -0.0557. The van der Waals surface area contributed by atoms with Gasteiger partial charge in [0.15, 0.2) is 5.65 Å². The summed E-state index contributed by atoms with van der Waals surface area (Å²) in [6, 6.07) is 42.9. The van der Waals surface area contributed by atoms with E-state index in [4.69, 9.17) is 14.8 Å². The van der Waals surface area contributed by atoms with E-state index >= 15 is 0 Å². The molecule has 6 aromatic rings. The zero-order chi connectivity index (χ0) is 29.9. The van der Waals surface area contributed by atoms with Gasteiger partial charge in [-0.2, -0.15) is 5.10 Å². The van der Waals surface area contributed by atoms with Crippen LogP contribution in [0.4, 0.5) is 0 Å². The molecule has 0 radical (unpaired) electrons. The Morgan fingerprint density at radius 1 is 0.682 bits per heavy atom. The molecular weight excluding hydrogens is 546 g/mol. The fraction of sp³-hybridized carbons (Fsp3) is 0.162. The van der Waals surface area contributed by atoms with Crippen LogP contribution < -0.4 is 4.74 Å². The van der Waals surface area contributed by atoms with Crippen LogP contribution in [0, 0.1) is 0 Å². The van der Waals surface area contributed by atoms with Crippen LogP contribution in [0.3, 0.4) is 0 Å². The zero-order valence-corrected chi connectivity index (χ0v) is 24.6. The summed E-state index contributed by atoms with van der Waals surface area (Å²) < 4.78 is 7.16. The molecule has 0 saturated carbocycles. The molecule has 1 amide bonds. The Labute approximate surface area is 257 Å². The maximum atomic E-state index is 14.3. The molecule has 1 aliphatic heterocycles. The summed E-state index contributed by atoms with van der Waals surface area (Å²) in [6.07, 6.45) is 0. The maximum Gasteiger partial charge on any atom is 0.272 e. The van der Waals surface area contributed by atoms with Crippen LogP contribution in [0.15, 0.2) is 127 Å². The molecule has 1 saturated heterocycles. The van der Waals surface area contributed by atoms with E-state index in [-0.39, 0.29) is 11.9 Å². The van der Waals surface area contributed by atoms with E-state index in [1.165, 1.54) is 11.1 Å². The van der Waals surface area contributed by atoms with Crippen molar-refractivity contribution >= 4 is 11.6 Å². The highest BCUT2D eigenvalue weighted by atomic mass is 16.5. The highest BCUT2D eigenvalue weighted by molar-refractivity contribution is 5.94. The number of carbonyl (C=O) groups excluding carboxylic acids is 1. The van der Waals surface area contributed by atoms with Crippen molar-refractivity contribution in [3.63, 3.8) is 0 Å². The molecule has 0 spiro atoms. The number of fused-ring (bicyclic) bond motifs is 1. The van der Waals surface area contributed by atoms with Gasteiger partial charge in [0.25, 0.3) is 5.91 Å². The Hall–Kier alpha value is -5.27. The first-order chi connectivity index (χ1) is 21.7. The summed E-state index contributed by atoms with van der Waals surface area (Å²) in [5, 5.41) is 4.86. The number of methoxy groups -OCH3 is 1. The minimum absolute atomic E-state index is 0.0557. The number of ether oxygens (including phenoxy) is 1. The number of amides is 1. The van der Waals surface area contributed by atoms with Crippen molar-refractivity contribution in [2.75, 3.05) is 33.3 Å². The lowest BCUT2D eigenvalue weighted by Crippen LogP contribution is -2.50. The molecule has 44 heavy (non-hydrogen) atoms. The first kappa shape index (κ1) is 27.6. The van der Waals surface area contributed by atoms with Crippen molar-refractivity contribution in [1.82, 2.24) is 24.4 Å². The van der Waals surface area contributed by atoms with Crippen molar-refractivity contribution in [2.45, 2.75) is 6.04 Å². The predicted molar refractivity (Wildman–Crippen MR) is 173 cm³/mol. The second kappa shape index (κ2) is 12.1. The molecule has 7 nitrogen and oxygen atoms in total. The summed E-state index contributed by atoms with van der Waals surface area (Å²) in [5.74, 6) is 0.679. The van der Waals surface area contributed by atoms with Gasteiger partial charge in [0.2, 0.25) is 0 Å². The zero-order valence-electron chi connectivity index (χ0n) is 24.6. The van der Waals surface area contributed by atoms with Crippen LogP contribution in [0.1, 0.15) is 27.7 Å². The number of hydrogen-bond acceptors (Lipinski definition) is 5. The third-order valence-corrected chi connectivity index (χ3v) is 8.28. The first-order valence-corrected chi connectivity index (χ1v) is 14.9. The molecule has 0 bridgehead atoms. The molecule has 0 aliphatic carbocycles. The average Bonchev–Trinajstić information content (AvgIpc) is 3.54.